The van der Waals surface area contributed by atoms with Crippen LogP contribution in [0, 0.1) is 0 Å². The average molecular weight is 286 g/mol. The van der Waals surface area contributed by atoms with Crippen LogP contribution in [0.4, 0.5) is 0 Å². The molecule has 0 aliphatic rings. The van der Waals surface area contributed by atoms with Gasteiger partial charge in [-0.15, -0.1) is 0 Å². The van der Waals surface area contributed by atoms with Crippen molar-refractivity contribution in [3.8, 4) is 0 Å². The van der Waals surface area contributed by atoms with E-state index < -0.39 is 0 Å². The molecule has 1 N–H and O–H groups in total. The third-order valence-corrected chi connectivity index (χ3v) is 4.01. The number of quaternary nitrogens is 1. The Morgan fingerprint density at radius 3 is 1.80 bits per heavy atom. The number of hydrogen-bond acceptors (Lipinski definition) is 1. The first kappa shape index (κ1) is 19.9. The van der Waals surface area contributed by atoms with Crippen LogP contribution < -0.4 is 5.32 Å². The lowest BCUT2D eigenvalue weighted by Crippen LogP contribution is -2.39. The molecule has 0 radical (unpaired) electrons. The van der Waals surface area contributed by atoms with E-state index in [2.05, 4.69) is 40.3 Å². The fourth-order valence-electron chi connectivity index (χ4n) is 2.47. The lowest BCUT2D eigenvalue weighted by molar-refractivity contribution is -0.870. The van der Waals surface area contributed by atoms with Gasteiger partial charge in [-0.25, -0.2) is 0 Å². The highest BCUT2D eigenvalue weighted by atomic mass is 15.3. The van der Waals surface area contributed by atoms with Crippen molar-refractivity contribution in [2.24, 2.45) is 0 Å². The summed E-state index contributed by atoms with van der Waals surface area (Å²) in [7, 11) is 6.81. The van der Waals surface area contributed by atoms with Gasteiger partial charge in [0.15, 0.2) is 0 Å². The Morgan fingerprint density at radius 2 is 1.30 bits per heavy atom. The molecule has 2 heteroatoms. The van der Waals surface area contributed by atoms with E-state index in [1.165, 1.54) is 77.3 Å². The second kappa shape index (κ2) is 12.6. The highest BCUT2D eigenvalue weighted by Gasteiger charge is 2.09. The predicted octanol–water partition coefficient (Wildman–Crippen LogP) is 4.59. The molecular formula is C18H41N2+. The van der Waals surface area contributed by atoms with Crippen molar-refractivity contribution in [3.63, 3.8) is 0 Å². The maximum absolute atomic E-state index is 3.66. The molecule has 2 nitrogen and oxygen atoms in total. The van der Waals surface area contributed by atoms with Crippen LogP contribution in [0.25, 0.3) is 0 Å². The maximum atomic E-state index is 3.66. The third-order valence-electron chi connectivity index (χ3n) is 4.01. The van der Waals surface area contributed by atoms with Gasteiger partial charge >= 0.3 is 0 Å². The van der Waals surface area contributed by atoms with Gasteiger partial charge in [-0.3, -0.25) is 0 Å². The molecule has 0 aliphatic carbocycles. The predicted molar refractivity (Wildman–Crippen MR) is 92.2 cm³/mol. The monoisotopic (exact) mass is 285 g/mol. The molecule has 0 saturated carbocycles. The average Bonchev–Trinajstić information content (AvgIpc) is 2.38. The third kappa shape index (κ3) is 16.0. The van der Waals surface area contributed by atoms with Crippen molar-refractivity contribution in [2.45, 2.75) is 84.1 Å². The summed E-state index contributed by atoms with van der Waals surface area (Å²) in [4.78, 5) is 0. The molecule has 0 saturated heterocycles. The van der Waals surface area contributed by atoms with Gasteiger partial charge in [0.25, 0.3) is 0 Å². The van der Waals surface area contributed by atoms with Gasteiger partial charge in [0.2, 0.25) is 0 Å². The molecule has 0 aromatic heterocycles. The van der Waals surface area contributed by atoms with Crippen molar-refractivity contribution in [1.82, 2.24) is 5.32 Å². The Hall–Kier alpha value is -0.0800. The zero-order chi connectivity index (χ0) is 15.3. The quantitative estimate of drug-likeness (QED) is 0.363. The number of nitrogens with zero attached hydrogens (tertiary/aromatic N) is 1. The SMILES string of the molecule is CCCCCCCCCCCNC(C)CC[N+](C)(C)C. The molecule has 0 spiro atoms. The molecule has 0 aliphatic heterocycles. The largest absolute Gasteiger partial charge is 0.331 e. The first-order valence-corrected chi connectivity index (χ1v) is 8.99. The Bertz CT molecular complexity index is 196. The molecule has 1 atom stereocenters. The first-order valence-electron chi connectivity index (χ1n) is 8.99. The van der Waals surface area contributed by atoms with E-state index in [0.29, 0.717) is 6.04 Å². The van der Waals surface area contributed by atoms with Crippen molar-refractivity contribution >= 4 is 0 Å². The van der Waals surface area contributed by atoms with Gasteiger partial charge in [0, 0.05) is 12.5 Å². The van der Waals surface area contributed by atoms with Crippen LogP contribution in [0.15, 0.2) is 0 Å². The van der Waals surface area contributed by atoms with Crippen LogP contribution in [0.5, 0.6) is 0 Å². The van der Waals surface area contributed by atoms with Crippen molar-refractivity contribution in [3.05, 3.63) is 0 Å². The summed E-state index contributed by atoms with van der Waals surface area (Å²) in [6.45, 7) is 7.07. The summed E-state index contributed by atoms with van der Waals surface area (Å²) in [5, 5.41) is 3.66. The van der Waals surface area contributed by atoms with E-state index in [0.717, 1.165) is 4.48 Å². The standard InChI is InChI=1S/C18H41N2/c1-6-7-8-9-10-11-12-13-14-16-19-18(2)15-17-20(3,4)5/h18-19H,6-17H2,1-5H3/q+1. The minimum Gasteiger partial charge on any atom is -0.331 e. The van der Waals surface area contributed by atoms with Gasteiger partial charge in [-0.1, -0.05) is 58.3 Å². The van der Waals surface area contributed by atoms with E-state index in [1.54, 1.807) is 0 Å². The second-order valence-corrected chi connectivity index (χ2v) is 7.49. The topological polar surface area (TPSA) is 12.0 Å². The van der Waals surface area contributed by atoms with Gasteiger partial charge < -0.3 is 9.80 Å². The van der Waals surface area contributed by atoms with Crippen molar-refractivity contribution in [1.29, 1.82) is 0 Å². The second-order valence-electron chi connectivity index (χ2n) is 7.49. The van der Waals surface area contributed by atoms with Crippen LogP contribution in [0.1, 0.15) is 78.1 Å². The number of hydrogen-bond donors (Lipinski definition) is 1. The smallest absolute Gasteiger partial charge is 0.0795 e. The summed E-state index contributed by atoms with van der Waals surface area (Å²) in [5.74, 6) is 0. The normalized spacial score (nSPS) is 13.7. The van der Waals surface area contributed by atoms with Crippen LogP contribution in [-0.4, -0.2) is 44.8 Å². The highest BCUT2D eigenvalue weighted by Crippen LogP contribution is 2.09. The van der Waals surface area contributed by atoms with Gasteiger partial charge in [-0.2, -0.15) is 0 Å². The van der Waals surface area contributed by atoms with Crippen LogP contribution in [0.2, 0.25) is 0 Å². The molecule has 0 fully saturated rings. The van der Waals surface area contributed by atoms with Gasteiger partial charge in [0.05, 0.1) is 27.7 Å². The molecular weight excluding hydrogens is 244 g/mol. The van der Waals surface area contributed by atoms with E-state index in [9.17, 15) is 0 Å². The lowest BCUT2D eigenvalue weighted by Gasteiger charge is -2.25. The molecule has 1 unspecified atom stereocenters. The zero-order valence-corrected chi connectivity index (χ0v) is 15.0. The van der Waals surface area contributed by atoms with Crippen molar-refractivity contribution in [2.75, 3.05) is 34.2 Å². The maximum Gasteiger partial charge on any atom is 0.0795 e. The van der Waals surface area contributed by atoms with Crippen LogP contribution >= 0.6 is 0 Å². The van der Waals surface area contributed by atoms with E-state index >= 15 is 0 Å². The Labute approximate surface area is 128 Å². The Morgan fingerprint density at radius 1 is 0.800 bits per heavy atom. The summed E-state index contributed by atoms with van der Waals surface area (Å²) in [6, 6.07) is 0.668. The number of unbranched alkanes of at least 4 members (excludes halogenated alkanes) is 8. The fourth-order valence-corrected chi connectivity index (χ4v) is 2.47. The number of rotatable bonds is 14. The molecule has 0 aromatic rings. The summed E-state index contributed by atoms with van der Waals surface area (Å²) >= 11 is 0. The minimum atomic E-state index is 0.668. The molecule has 0 amide bonds. The summed E-state index contributed by atoms with van der Waals surface area (Å²) in [6.07, 6.45) is 14.0. The highest BCUT2D eigenvalue weighted by molar-refractivity contribution is 4.60. The van der Waals surface area contributed by atoms with Gasteiger partial charge in [-0.05, 0) is 19.9 Å². The Kier molecular flexibility index (Phi) is 12.6. The van der Waals surface area contributed by atoms with Gasteiger partial charge in [0.1, 0.15) is 0 Å². The summed E-state index contributed by atoms with van der Waals surface area (Å²) < 4.78 is 1.07. The molecule has 0 rings (SSSR count). The van der Waals surface area contributed by atoms with Crippen molar-refractivity contribution < 1.29 is 4.48 Å². The summed E-state index contributed by atoms with van der Waals surface area (Å²) in [5.41, 5.74) is 0. The zero-order valence-electron chi connectivity index (χ0n) is 15.0. The molecule has 0 heterocycles. The lowest BCUT2D eigenvalue weighted by atomic mass is 10.1. The molecule has 0 bridgehead atoms. The fraction of sp³-hybridized carbons (Fsp3) is 1.00. The van der Waals surface area contributed by atoms with Crippen LogP contribution in [-0.2, 0) is 0 Å². The first-order chi connectivity index (χ1) is 9.45. The minimum absolute atomic E-state index is 0.668. The molecule has 20 heavy (non-hydrogen) atoms. The van der Waals surface area contributed by atoms with Crippen LogP contribution in [0.3, 0.4) is 0 Å². The van der Waals surface area contributed by atoms with E-state index in [-0.39, 0.29) is 0 Å². The van der Waals surface area contributed by atoms with E-state index in [4.69, 9.17) is 0 Å². The Balaban J connectivity index is 3.19. The molecule has 0 aromatic carbocycles. The molecule has 122 valence electrons. The number of nitrogens with one attached hydrogen (secondary N) is 1. The van der Waals surface area contributed by atoms with E-state index in [1.807, 2.05) is 0 Å².